The van der Waals surface area contributed by atoms with Crippen molar-refractivity contribution in [1.82, 2.24) is 9.78 Å². The van der Waals surface area contributed by atoms with Crippen LogP contribution in [0.5, 0.6) is 0 Å². The molecule has 1 amide bonds. The van der Waals surface area contributed by atoms with Gasteiger partial charge in [-0.1, -0.05) is 18.2 Å². The van der Waals surface area contributed by atoms with E-state index in [0.29, 0.717) is 0 Å². The Morgan fingerprint density at radius 2 is 1.74 bits per heavy atom. The summed E-state index contributed by atoms with van der Waals surface area (Å²) in [5.41, 5.74) is -0.631. The third-order valence-corrected chi connectivity index (χ3v) is 3.91. The van der Waals surface area contributed by atoms with Crippen molar-refractivity contribution in [3.05, 3.63) is 71.3 Å². The zero-order valence-electron chi connectivity index (χ0n) is 13.8. The average molecular weight is 381 g/mol. The molecule has 1 aromatic heterocycles. The van der Waals surface area contributed by atoms with Crippen molar-refractivity contribution in [2.45, 2.75) is 6.43 Å². The predicted octanol–water partition coefficient (Wildman–Crippen LogP) is 4.69. The SMILES string of the molecule is Cn1ncc(C(=O)Nc2ccccc2-c2cc(F)c(F)c(F)c2)c1C(F)F. The normalized spacial score (nSPS) is 11.1. The molecule has 0 atom stereocenters. The van der Waals surface area contributed by atoms with Crippen LogP contribution in [-0.2, 0) is 7.05 Å². The number of nitrogens with zero attached hydrogens (tertiary/aromatic N) is 2. The molecular formula is C18H12F5N3O. The van der Waals surface area contributed by atoms with E-state index in [-0.39, 0.29) is 22.4 Å². The lowest BCUT2D eigenvalue weighted by atomic mass is 10.0. The van der Waals surface area contributed by atoms with Crippen LogP contribution < -0.4 is 5.32 Å². The van der Waals surface area contributed by atoms with Gasteiger partial charge in [-0.15, -0.1) is 0 Å². The number of aryl methyl sites for hydroxylation is 1. The zero-order valence-corrected chi connectivity index (χ0v) is 13.8. The highest BCUT2D eigenvalue weighted by molar-refractivity contribution is 6.06. The van der Waals surface area contributed by atoms with Crippen LogP contribution in [0.25, 0.3) is 11.1 Å². The Balaban J connectivity index is 2.00. The minimum Gasteiger partial charge on any atom is -0.321 e. The standard InChI is InChI=1S/C18H12F5N3O/c1-26-16(17(22)23)11(8-24-26)18(27)25-14-5-3-2-4-10(14)9-6-12(19)15(21)13(20)7-9/h2-8,17H,1H3,(H,25,27). The fourth-order valence-corrected chi connectivity index (χ4v) is 2.63. The molecule has 1 N–H and O–H groups in total. The number of nitrogens with one attached hydrogen (secondary N) is 1. The van der Waals surface area contributed by atoms with E-state index in [2.05, 4.69) is 10.4 Å². The molecule has 0 spiro atoms. The third kappa shape index (κ3) is 3.53. The van der Waals surface area contributed by atoms with Gasteiger partial charge in [-0.05, 0) is 23.8 Å². The molecular weight excluding hydrogens is 369 g/mol. The summed E-state index contributed by atoms with van der Waals surface area (Å²) >= 11 is 0. The van der Waals surface area contributed by atoms with Crippen molar-refractivity contribution >= 4 is 11.6 Å². The first kappa shape index (κ1) is 18.6. The number of anilines is 1. The first-order valence-corrected chi connectivity index (χ1v) is 7.65. The number of para-hydroxylation sites is 1. The fourth-order valence-electron chi connectivity index (χ4n) is 2.63. The lowest BCUT2D eigenvalue weighted by Gasteiger charge is -2.12. The molecule has 0 aliphatic rings. The maximum Gasteiger partial charge on any atom is 0.280 e. The number of rotatable bonds is 4. The molecule has 0 fully saturated rings. The first-order valence-electron chi connectivity index (χ1n) is 7.65. The highest BCUT2D eigenvalue weighted by Crippen LogP contribution is 2.31. The maximum absolute atomic E-state index is 13.5. The second kappa shape index (κ2) is 7.18. The van der Waals surface area contributed by atoms with Gasteiger partial charge < -0.3 is 5.32 Å². The van der Waals surface area contributed by atoms with Crippen LogP contribution in [-0.4, -0.2) is 15.7 Å². The van der Waals surface area contributed by atoms with Crippen LogP contribution >= 0.6 is 0 Å². The number of carbonyl (C=O) groups is 1. The van der Waals surface area contributed by atoms with E-state index in [1.54, 1.807) is 6.07 Å². The molecule has 0 aliphatic carbocycles. The van der Waals surface area contributed by atoms with E-state index < -0.39 is 35.5 Å². The highest BCUT2D eigenvalue weighted by Gasteiger charge is 2.24. The molecule has 3 rings (SSSR count). The van der Waals surface area contributed by atoms with E-state index in [4.69, 9.17) is 0 Å². The Morgan fingerprint density at radius 3 is 2.37 bits per heavy atom. The van der Waals surface area contributed by atoms with E-state index in [0.717, 1.165) is 23.0 Å². The number of amides is 1. The van der Waals surface area contributed by atoms with Crippen molar-refractivity contribution in [3.8, 4) is 11.1 Å². The average Bonchev–Trinajstić information content (AvgIpc) is 3.01. The van der Waals surface area contributed by atoms with Crippen LogP contribution in [0.4, 0.5) is 27.6 Å². The molecule has 0 saturated carbocycles. The van der Waals surface area contributed by atoms with Crippen LogP contribution in [0, 0.1) is 17.5 Å². The van der Waals surface area contributed by atoms with Crippen LogP contribution in [0.2, 0.25) is 0 Å². The van der Waals surface area contributed by atoms with Crippen molar-refractivity contribution in [1.29, 1.82) is 0 Å². The molecule has 3 aromatic rings. The Kier molecular flexibility index (Phi) is 4.93. The maximum atomic E-state index is 13.5. The molecule has 9 heteroatoms. The Hall–Kier alpha value is -3.23. The Morgan fingerprint density at radius 1 is 1.11 bits per heavy atom. The summed E-state index contributed by atoms with van der Waals surface area (Å²) in [6, 6.07) is 7.49. The van der Waals surface area contributed by atoms with Gasteiger partial charge in [0.2, 0.25) is 0 Å². The van der Waals surface area contributed by atoms with Crippen LogP contribution in [0.3, 0.4) is 0 Å². The van der Waals surface area contributed by atoms with Crippen LogP contribution in [0.1, 0.15) is 22.5 Å². The molecule has 0 aliphatic heterocycles. The third-order valence-electron chi connectivity index (χ3n) is 3.91. The molecule has 0 saturated heterocycles. The number of hydrogen-bond donors (Lipinski definition) is 1. The summed E-state index contributed by atoms with van der Waals surface area (Å²) in [6.45, 7) is 0. The lowest BCUT2D eigenvalue weighted by molar-refractivity contribution is 0.100. The summed E-state index contributed by atoms with van der Waals surface area (Å²) in [7, 11) is 1.27. The van der Waals surface area contributed by atoms with Gasteiger partial charge in [-0.2, -0.15) is 5.10 Å². The second-order valence-electron chi connectivity index (χ2n) is 5.62. The topological polar surface area (TPSA) is 46.9 Å². The smallest absolute Gasteiger partial charge is 0.280 e. The van der Waals surface area contributed by atoms with Gasteiger partial charge in [0, 0.05) is 18.3 Å². The van der Waals surface area contributed by atoms with Gasteiger partial charge in [0.1, 0.15) is 5.69 Å². The monoisotopic (exact) mass is 381 g/mol. The van der Waals surface area contributed by atoms with Gasteiger partial charge in [0.05, 0.1) is 11.8 Å². The molecule has 2 aromatic carbocycles. The summed E-state index contributed by atoms with van der Waals surface area (Å²) in [5, 5.41) is 6.07. The number of benzene rings is 2. The van der Waals surface area contributed by atoms with E-state index >= 15 is 0 Å². The van der Waals surface area contributed by atoms with Crippen molar-refractivity contribution in [2.75, 3.05) is 5.32 Å². The van der Waals surface area contributed by atoms with Crippen molar-refractivity contribution in [3.63, 3.8) is 0 Å². The Labute approximate surface area is 150 Å². The van der Waals surface area contributed by atoms with Gasteiger partial charge in [-0.3, -0.25) is 9.48 Å². The number of carbonyl (C=O) groups excluding carboxylic acids is 1. The van der Waals surface area contributed by atoms with Crippen molar-refractivity contribution < 1.29 is 26.7 Å². The number of alkyl halides is 2. The summed E-state index contributed by atoms with van der Waals surface area (Å²) in [5.74, 6) is -5.26. The van der Waals surface area contributed by atoms with Gasteiger partial charge in [-0.25, -0.2) is 22.0 Å². The predicted molar refractivity (Wildman–Crippen MR) is 87.9 cm³/mol. The molecule has 1 heterocycles. The van der Waals surface area contributed by atoms with Gasteiger partial charge in [0.25, 0.3) is 12.3 Å². The minimum absolute atomic E-state index is 0.0254. The largest absolute Gasteiger partial charge is 0.321 e. The number of aromatic nitrogens is 2. The van der Waals surface area contributed by atoms with Crippen LogP contribution in [0.15, 0.2) is 42.6 Å². The number of hydrogen-bond acceptors (Lipinski definition) is 2. The molecule has 27 heavy (non-hydrogen) atoms. The first-order chi connectivity index (χ1) is 12.8. The second-order valence-corrected chi connectivity index (χ2v) is 5.62. The quantitative estimate of drug-likeness (QED) is 0.526. The lowest BCUT2D eigenvalue weighted by Crippen LogP contribution is -2.15. The molecule has 0 bridgehead atoms. The van der Waals surface area contributed by atoms with Crippen molar-refractivity contribution in [2.24, 2.45) is 7.05 Å². The van der Waals surface area contributed by atoms with E-state index in [9.17, 15) is 26.7 Å². The highest BCUT2D eigenvalue weighted by atomic mass is 19.3. The molecule has 0 unspecified atom stereocenters. The molecule has 140 valence electrons. The van der Waals surface area contributed by atoms with Gasteiger partial charge in [0.15, 0.2) is 17.5 Å². The minimum atomic E-state index is -2.92. The van der Waals surface area contributed by atoms with Gasteiger partial charge >= 0.3 is 0 Å². The molecule has 0 radical (unpaired) electrons. The van der Waals surface area contributed by atoms with E-state index in [1.807, 2.05) is 0 Å². The molecule has 4 nitrogen and oxygen atoms in total. The Bertz CT molecular complexity index is 993. The number of halogens is 5. The van der Waals surface area contributed by atoms with E-state index in [1.165, 1.54) is 25.2 Å². The zero-order chi connectivity index (χ0) is 19.7. The summed E-state index contributed by atoms with van der Waals surface area (Å²) < 4.78 is 67.4. The summed E-state index contributed by atoms with van der Waals surface area (Å²) in [6.07, 6.45) is -1.93. The summed E-state index contributed by atoms with van der Waals surface area (Å²) in [4.78, 5) is 12.4. The fraction of sp³-hybridized carbons (Fsp3) is 0.111.